The van der Waals surface area contributed by atoms with Crippen LogP contribution in [0, 0.1) is 5.92 Å². The lowest BCUT2D eigenvalue weighted by Crippen LogP contribution is -2.52. The number of H-pyrrole nitrogens is 1. The molecule has 1 unspecified atom stereocenters. The fourth-order valence-electron chi connectivity index (χ4n) is 9.30. The Labute approximate surface area is 379 Å². The lowest BCUT2D eigenvalue weighted by atomic mass is 9.93. The van der Waals surface area contributed by atoms with Crippen LogP contribution in [0.15, 0.2) is 89.9 Å². The largest absolute Gasteiger partial charge is 0.508 e. The van der Waals surface area contributed by atoms with Crippen molar-refractivity contribution in [2.24, 2.45) is 5.92 Å². The SMILES string of the molecule is CC(C)c1cc(-c2n[nH]c(=O)n2-c2ccc3c(ccn3CCC3CCN(C(=O)Cc4ccc(COC(=O)Nc5cccc6c5CN(C5CCC(=O)NC5=O)C6=O)cc4)CC3)c2)c(O)cc1O. The molecule has 3 aliphatic rings. The minimum atomic E-state index is -0.765. The Hall–Kier alpha value is -7.69. The summed E-state index contributed by atoms with van der Waals surface area (Å²) in [5, 5.41) is 33.8. The Morgan fingerprint density at radius 2 is 1.67 bits per heavy atom. The second-order valence-corrected chi connectivity index (χ2v) is 17.6. The van der Waals surface area contributed by atoms with Crippen molar-refractivity contribution in [1.82, 2.24) is 34.4 Å². The molecule has 0 spiro atoms. The first-order valence-electron chi connectivity index (χ1n) is 22.2. The summed E-state index contributed by atoms with van der Waals surface area (Å²) >= 11 is 0. The first kappa shape index (κ1) is 43.6. The summed E-state index contributed by atoms with van der Waals surface area (Å²) in [5.41, 5.74) is 5.08. The van der Waals surface area contributed by atoms with Crippen molar-refractivity contribution in [3.05, 3.63) is 123 Å². The molecular formula is C49H50N8O9. The number of phenolic OH excluding ortho intramolecular Hbond substituents is 2. The number of rotatable bonds is 12. The van der Waals surface area contributed by atoms with Crippen molar-refractivity contribution in [3.8, 4) is 28.6 Å². The van der Waals surface area contributed by atoms with Crippen molar-refractivity contribution < 1.29 is 38.9 Å². The maximum atomic E-state index is 13.3. The quantitative estimate of drug-likeness (QED) is 0.0889. The van der Waals surface area contributed by atoms with Gasteiger partial charge in [0.2, 0.25) is 17.7 Å². The van der Waals surface area contributed by atoms with E-state index in [1.54, 1.807) is 24.3 Å². The molecule has 17 heteroatoms. The molecule has 17 nitrogen and oxygen atoms in total. The number of aryl methyl sites for hydroxylation is 1. The topological polar surface area (TPSA) is 221 Å². The number of benzene rings is 4. The second-order valence-electron chi connectivity index (χ2n) is 17.6. The van der Waals surface area contributed by atoms with Crippen LogP contribution in [0.1, 0.15) is 84.5 Å². The Morgan fingerprint density at radius 1 is 0.894 bits per heavy atom. The standard InChI is InChI=1S/C49H50N8O9/c1-28(2)35-24-36(42(59)25-41(35)58)45-52-53-48(64)57(45)33-10-11-39-32(23-33)17-21-54(39)18-14-29-15-19-55(20-16-29)44(61)22-30-6-8-31(9-7-30)27-66-49(65)50-38-5-3-4-34-37(38)26-56(47(34)63)40-12-13-43(60)51-46(40)62/h3-11,17,21,23-25,28-29,40,58-59H,12-16,18-20,22,26-27H2,1-2H3,(H,50,65)(H,53,64)(H,51,60,62). The number of aromatic hydroxyl groups is 2. The number of fused-ring (bicyclic) bond motifs is 2. The zero-order valence-electron chi connectivity index (χ0n) is 36.6. The lowest BCUT2D eigenvalue weighted by Gasteiger charge is -2.32. The van der Waals surface area contributed by atoms with Gasteiger partial charge in [-0.15, -0.1) is 0 Å². The zero-order valence-corrected chi connectivity index (χ0v) is 36.6. The summed E-state index contributed by atoms with van der Waals surface area (Å²) in [7, 11) is 0. The third-order valence-corrected chi connectivity index (χ3v) is 13.0. The lowest BCUT2D eigenvalue weighted by molar-refractivity contribution is -0.137. The highest BCUT2D eigenvalue weighted by molar-refractivity contribution is 6.06. The van der Waals surface area contributed by atoms with Crippen molar-refractivity contribution in [2.75, 3.05) is 18.4 Å². The van der Waals surface area contributed by atoms with E-state index < -0.39 is 23.7 Å². The highest BCUT2D eigenvalue weighted by Crippen LogP contribution is 2.38. The third kappa shape index (κ3) is 8.75. The van der Waals surface area contributed by atoms with Crippen LogP contribution < -0.4 is 16.3 Å². The first-order chi connectivity index (χ1) is 31.8. The monoisotopic (exact) mass is 894 g/mol. The summed E-state index contributed by atoms with van der Waals surface area (Å²) in [6.07, 6.45) is 4.75. The number of imide groups is 1. The molecule has 4 aromatic carbocycles. The smallest absolute Gasteiger partial charge is 0.411 e. The number of ether oxygens (including phenoxy) is 1. The summed E-state index contributed by atoms with van der Waals surface area (Å²) in [5.74, 6) is -0.663. The number of aromatic amines is 1. The molecule has 9 rings (SSSR count). The molecule has 0 saturated carbocycles. The van der Waals surface area contributed by atoms with Crippen LogP contribution in [0.5, 0.6) is 11.5 Å². The predicted molar refractivity (Wildman–Crippen MR) is 243 cm³/mol. The van der Waals surface area contributed by atoms with Gasteiger partial charge < -0.3 is 29.3 Å². The summed E-state index contributed by atoms with van der Waals surface area (Å²) in [6, 6.07) is 22.3. The molecule has 0 bridgehead atoms. The van der Waals surface area contributed by atoms with E-state index in [2.05, 4.69) is 25.4 Å². The van der Waals surface area contributed by atoms with E-state index in [4.69, 9.17) is 4.74 Å². The van der Waals surface area contributed by atoms with Gasteiger partial charge >= 0.3 is 11.8 Å². The van der Waals surface area contributed by atoms with Crippen LogP contribution in [0.2, 0.25) is 0 Å². The fraction of sp³-hybridized carbons (Fsp3) is 0.327. The third-order valence-electron chi connectivity index (χ3n) is 13.0. The summed E-state index contributed by atoms with van der Waals surface area (Å²) < 4.78 is 9.11. The number of amides is 5. The predicted octanol–water partition coefficient (Wildman–Crippen LogP) is 6.10. The van der Waals surface area contributed by atoms with Gasteiger partial charge in [-0.05, 0) is 96.7 Å². The van der Waals surface area contributed by atoms with Crippen molar-refractivity contribution in [3.63, 3.8) is 0 Å². The number of nitrogens with one attached hydrogen (secondary N) is 3. The Kier molecular flexibility index (Phi) is 11.9. The van der Waals surface area contributed by atoms with E-state index in [0.29, 0.717) is 52.6 Å². The van der Waals surface area contributed by atoms with Gasteiger partial charge in [-0.1, -0.05) is 44.2 Å². The van der Waals surface area contributed by atoms with Crippen LogP contribution in [-0.4, -0.2) is 88.2 Å². The number of anilines is 1. The number of hydrogen-bond acceptors (Lipinski definition) is 10. The average Bonchev–Trinajstić information content (AvgIpc) is 3.99. The first-order valence-corrected chi connectivity index (χ1v) is 22.2. The highest BCUT2D eigenvalue weighted by Gasteiger charge is 2.40. The molecule has 5 N–H and O–H groups in total. The number of carbonyl (C=O) groups is 5. The summed E-state index contributed by atoms with van der Waals surface area (Å²) in [4.78, 5) is 79.7. The zero-order chi connectivity index (χ0) is 46.2. The number of aromatic nitrogens is 4. The van der Waals surface area contributed by atoms with E-state index in [1.165, 1.54) is 15.5 Å². The molecule has 2 saturated heterocycles. The number of carbonyl (C=O) groups excluding carboxylic acids is 5. The number of piperidine rings is 2. The molecule has 1 atom stereocenters. The molecule has 0 aliphatic carbocycles. The average molecular weight is 895 g/mol. The van der Waals surface area contributed by atoms with Crippen molar-refractivity contribution in [2.45, 2.75) is 84.0 Å². The van der Waals surface area contributed by atoms with E-state index in [0.717, 1.165) is 47.8 Å². The number of hydrogen-bond donors (Lipinski definition) is 5. The number of phenols is 2. The van der Waals surface area contributed by atoms with Crippen LogP contribution in [0.4, 0.5) is 10.5 Å². The van der Waals surface area contributed by atoms with Gasteiger partial charge in [-0.25, -0.2) is 19.3 Å². The van der Waals surface area contributed by atoms with Gasteiger partial charge in [-0.3, -0.25) is 29.8 Å². The van der Waals surface area contributed by atoms with Gasteiger partial charge in [0.15, 0.2) is 5.82 Å². The molecule has 340 valence electrons. The van der Waals surface area contributed by atoms with E-state index in [1.807, 2.05) is 73.5 Å². The van der Waals surface area contributed by atoms with Gasteiger partial charge in [-0.2, -0.15) is 5.10 Å². The molecule has 2 aromatic heterocycles. The molecule has 66 heavy (non-hydrogen) atoms. The van der Waals surface area contributed by atoms with Crippen LogP contribution >= 0.6 is 0 Å². The molecule has 5 heterocycles. The molecule has 3 aliphatic heterocycles. The van der Waals surface area contributed by atoms with E-state index >= 15 is 0 Å². The molecule has 0 radical (unpaired) electrons. The molecule has 6 aromatic rings. The highest BCUT2D eigenvalue weighted by atomic mass is 16.5. The Bertz CT molecular complexity index is 2940. The van der Waals surface area contributed by atoms with Crippen LogP contribution in [0.25, 0.3) is 28.0 Å². The van der Waals surface area contributed by atoms with Gasteiger partial charge in [0.05, 0.1) is 17.7 Å². The minimum Gasteiger partial charge on any atom is -0.508 e. The van der Waals surface area contributed by atoms with Gasteiger partial charge in [0, 0.05) is 72.6 Å². The number of nitrogens with zero attached hydrogens (tertiary/aromatic N) is 5. The fourth-order valence-corrected chi connectivity index (χ4v) is 9.30. The molecule has 5 amide bonds. The van der Waals surface area contributed by atoms with Crippen LogP contribution in [-0.2, 0) is 45.2 Å². The molecule has 2 fully saturated rings. The Morgan fingerprint density at radius 3 is 2.42 bits per heavy atom. The normalized spacial score (nSPS) is 16.5. The maximum absolute atomic E-state index is 13.3. The maximum Gasteiger partial charge on any atom is 0.411 e. The van der Waals surface area contributed by atoms with E-state index in [9.17, 15) is 39.0 Å². The van der Waals surface area contributed by atoms with Crippen LogP contribution in [0.3, 0.4) is 0 Å². The van der Waals surface area contributed by atoms with E-state index in [-0.39, 0.29) is 73.4 Å². The Balaban J connectivity index is 0.733. The van der Waals surface area contributed by atoms with Gasteiger partial charge in [0.25, 0.3) is 5.91 Å². The second kappa shape index (κ2) is 18.1. The van der Waals surface area contributed by atoms with Gasteiger partial charge in [0.1, 0.15) is 24.1 Å². The number of likely N-dealkylation sites (tertiary alicyclic amines) is 1. The van der Waals surface area contributed by atoms with Crippen molar-refractivity contribution in [1.29, 1.82) is 0 Å². The minimum absolute atomic E-state index is 0.00916. The summed E-state index contributed by atoms with van der Waals surface area (Å²) in [6.45, 7) is 6.14. The van der Waals surface area contributed by atoms with Crippen molar-refractivity contribution >= 4 is 46.3 Å². The molecular weight excluding hydrogens is 845 g/mol.